The first-order valence-electron chi connectivity index (χ1n) is 7.33. The third-order valence-corrected chi connectivity index (χ3v) is 5.35. The van der Waals surface area contributed by atoms with Gasteiger partial charge in [-0.05, 0) is 33.1 Å². The third-order valence-electron chi connectivity index (χ3n) is 4.28. The summed E-state index contributed by atoms with van der Waals surface area (Å²) in [6, 6.07) is 0. The highest BCUT2D eigenvalue weighted by Crippen LogP contribution is 2.31. The van der Waals surface area contributed by atoms with Crippen molar-refractivity contribution in [3.8, 4) is 0 Å². The van der Waals surface area contributed by atoms with E-state index >= 15 is 0 Å². The Morgan fingerprint density at radius 2 is 2.10 bits per heavy atom. The number of aromatic nitrogens is 1. The molecule has 0 atom stereocenters. The van der Waals surface area contributed by atoms with Crippen LogP contribution in [0, 0.1) is 0 Å². The quantitative estimate of drug-likeness (QED) is 0.881. The second-order valence-corrected chi connectivity index (χ2v) is 7.08. The zero-order valence-electron chi connectivity index (χ0n) is 12.2. The molecular formula is C14H22N4OS. The smallest absolute Gasteiger partial charge is 0.246 e. The van der Waals surface area contributed by atoms with Crippen molar-refractivity contribution in [2.24, 2.45) is 0 Å². The Kier molecular flexibility index (Phi) is 3.79. The van der Waals surface area contributed by atoms with Gasteiger partial charge in [0.1, 0.15) is 0 Å². The van der Waals surface area contributed by atoms with Crippen molar-refractivity contribution in [1.82, 2.24) is 15.2 Å². The van der Waals surface area contributed by atoms with Crippen LogP contribution in [-0.2, 0) is 17.6 Å². The van der Waals surface area contributed by atoms with Crippen LogP contribution in [0.5, 0.6) is 0 Å². The Bertz CT molecular complexity index is 484. The molecule has 0 unspecified atom stereocenters. The number of hydrogen-bond acceptors (Lipinski definition) is 5. The fraction of sp³-hybridized carbons (Fsp3) is 0.714. The number of hydrogen-bond donors (Lipinski definition) is 2. The maximum atomic E-state index is 12.6. The van der Waals surface area contributed by atoms with Crippen LogP contribution in [0.25, 0.3) is 0 Å². The van der Waals surface area contributed by atoms with Gasteiger partial charge in [0.2, 0.25) is 5.91 Å². The lowest BCUT2D eigenvalue weighted by atomic mass is 10.0. The van der Waals surface area contributed by atoms with Crippen LogP contribution in [0.15, 0.2) is 0 Å². The lowest BCUT2D eigenvalue weighted by molar-refractivity contribution is -0.126. The van der Waals surface area contributed by atoms with Gasteiger partial charge in [0.05, 0.1) is 11.2 Å². The number of aryl methyl sites for hydroxylation is 2. The van der Waals surface area contributed by atoms with Gasteiger partial charge in [-0.25, -0.2) is 4.98 Å². The average Bonchev–Trinajstić information content (AvgIpc) is 3.00. The van der Waals surface area contributed by atoms with E-state index in [2.05, 4.69) is 20.5 Å². The number of nitrogens with zero attached hydrogens (tertiary/aromatic N) is 2. The lowest BCUT2D eigenvalue weighted by Crippen LogP contribution is -2.58. The highest BCUT2D eigenvalue weighted by molar-refractivity contribution is 7.15. The Balaban J connectivity index is 1.67. The van der Waals surface area contributed by atoms with Crippen molar-refractivity contribution in [3.63, 3.8) is 0 Å². The van der Waals surface area contributed by atoms with Crippen molar-refractivity contribution < 1.29 is 4.79 Å². The maximum absolute atomic E-state index is 12.6. The summed E-state index contributed by atoms with van der Waals surface area (Å²) in [6.07, 6.45) is 3.38. The zero-order valence-corrected chi connectivity index (χ0v) is 13.0. The summed E-state index contributed by atoms with van der Waals surface area (Å²) in [4.78, 5) is 20.7. The first-order valence-corrected chi connectivity index (χ1v) is 8.15. The van der Waals surface area contributed by atoms with E-state index in [4.69, 9.17) is 0 Å². The summed E-state index contributed by atoms with van der Waals surface area (Å²) in [5.41, 5.74) is 0.698. The van der Waals surface area contributed by atoms with E-state index in [1.165, 1.54) is 17.0 Å². The van der Waals surface area contributed by atoms with Crippen LogP contribution < -0.4 is 10.6 Å². The van der Waals surface area contributed by atoms with Gasteiger partial charge in [-0.2, -0.15) is 0 Å². The van der Waals surface area contributed by atoms with Gasteiger partial charge in [-0.1, -0.05) is 0 Å². The van der Waals surface area contributed by atoms with Gasteiger partial charge in [-0.15, -0.1) is 11.3 Å². The summed E-state index contributed by atoms with van der Waals surface area (Å²) >= 11 is 1.64. The Morgan fingerprint density at radius 3 is 2.80 bits per heavy atom. The fourth-order valence-corrected chi connectivity index (χ4v) is 3.91. The van der Waals surface area contributed by atoms with Gasteiger partial charge < -0.3 is 10.6 Å². The monoisotopic (exact) mass is 294 g/mol. The molecule has 1 aliphatic carbocycles. The minimum atomic E-state index is -0.488. The summed E-state index contributed by atoms with van der Waals surface area (Å²) in [5.74, 6) is 0.0480. The SMILES string of the molecule is CC(C)(C(=O)Nc1nc2c(s1)CCC2)N1CCNCC1. The summed E-state index contributed by atoms with van der Waals surface area (Å²) in [6.45, 7) is 7.71. The molecule has 0 spiro atoms. The number of rotatable bonds is 3. The molecule has 20 heavy (non-hydrogen) atoms. The Morgan fingerprint density at radius 1 is 1.35 bits per heavy atom. The van der Waals surface area contributed by atoms with Gasteiger partial charge in [-0.3, -0.25) is 9.69 Å². The second-order valence-electron chi connectivity index (χ2n) is 5.99. The highest BCUT2D eigenvalue weighted by Gasteiger charge is 2.35. The van der Waals surface area contributed by atoms with Crippen molar-refractivity contribution in [3.05, 3.63) is 10.6 Å². The molecule has 110 valence electrons. The molecule has 1 amide bonds. The average molecular weight is 294 g/mol. The number of amides is 1. The topological polar surface area (TPSA) is 57.3 Å². The van der Waals surface area contributed by atoms with Gasteiger partial charge in [0.15, 0.2) is 5.13 Å². The minimum absolute atomic E-state index is 0.0480. The molecule has 1 aromatic heterocycles. The van der Waals surface area contributed by atoms with Crippen molar-refractivity contribution >= 4 is 22.4 Å². The van der Waals surface area contributed by atoms with E-state index in [-0.39, 0.29) is 5.91 Å². The number of fused-ring (bicyclic) bond motifs is 1. The molecule has 6 heteroatoms. The number of carbonyl (C=O) groups is 1. The van der Waals surface area contributed by atoms with E-state index < -0.39 is 5.54 Å². The summed E-state index contributed by atoms with van der Waals surface area (Å²) in [5, 5.41) is 7.10. The van der Waals surface area contributed by atoms with Crippen LogP contribution in [0.1, 0.15) is 30.8 Å². The maximum Gasteiger partial charge on any atom is 0.246 e. The first-order chi connectivity index (χ1) is 9.57. The Labute approximate surface area is 123 Å². The first kappa shape index (κ1) is 14.0. The number of anilines is 1. The van der Waals surface area contributed by atoms with E-state index in [0.29, 0.717) is 0 Å². The van der Waals surface area contributed by atoms with Crippen LogP contribution >= 0.6 is 11.3 Å². The van der Waals surface area contributed by atoms with E-state index in [1.54, 1.807) is 11.3 Å². The van der Waals surface area contributed by atoms with Crippen molar-refractivity contribution in [1.29, 1.82) is 0 Å². The highest BCUT2D eigenvalue weighted by atomic mass is 32.1. The molecule has 5 nitrogen and oxygen atoms in total. The number of piperazine rings is 1. The number of nitrogens with one attached hydrogen (secondary N) is 2. The third kappa shape index (κ3) is 2.60. The largest absolute Gasteiger partial charge is 0.314 e. The molecule has 1 aliphatic heterocycles. The van der Waals surface area contributed by atoms with E-state index in [0.717, 1.165) is 44.2 Å². The second kappa shape index (κ2) is 5.42. The van der Waals surface area contributed by atoms with Gasteiger partial charge in [0, 0.05) is 31.1 Å². The summed E-state index contributed by atoms with van der Waals surface area (Å²) in [7, 11) is 0. The molecule has 0 bridgehead atoms. The Hall–Kier alpha value is -0.980. The van der Waals surface area contributed by atoms with Crippen LogP contribution in [0.2, 0.25) is 0 Å². The van der Waals surface area contributed by atoms with Crippen LogP contribution in [0.3, 0.4) is 0 Å². The van der Waals surface area contributed by atoms with E-state index in [1.807, 2.05) is 13.8 Å². The van der Waals surface area contributed by atoms with Gasteiger partial charge in [0.25, 0.3) is 0 Å². The molecule has 1 fully saturated rings. The summed E-state index contributed by atoms with van der Waals surface area (Å²) < 4.78 is 0. The molecule has 2 N–H and O–H groups in total. The fourth-order valence-electron chi connectivity index (χ4n) is 2.86. The molecule has 2 aliphatic rings. The van der Waals surface area contributed by atoms with Crippen LogP contribution in [0.4, 0.5) is 5.13 Å². The van der Waals surface area contributed by atoms with E-state index in [9.17, 15) is 4.79 Å². The molecule has 3 rings (SSSR count). The number of thiazole rings is 1. The van der Waals surface area contributed by atoms with Gasteiger partial charge >= 0.3 is 0 Å². The zero-order chi connectivity index (χ0) is 14.2. The number of carbonyl (C=O) groups excluding carboxylic acids is 1. The van der Waals surface area contributed by atoms with Crippen LogP contribution in [-0.4, -0.2) is 47.5 Å². The standard InChI is InChI=1S/C14H22N4OS/c1-14(2,18-8-6-15-7-9-18)12(19)17-13-16-10-4-3-5-11(10)20-13/h15H,3-9H2,1-2H3,(H,16,17,19). The molecule has 1 aromatic rings. The molecule has 0 saturated carbocycles. The predicted octanol–water partition coefficient (Wildman–Crippen LogP) is 1.25. The molecule has 1 saturated heterocycles. The molecule has 0 radical (unpaired) electrons. The van der Waals surface area contributed by atoms with Crippen molar-refractivity contribution in [2.75, 3.05) is 31.5 Å². The predicted molar refractivity (Wildman–Crippen MR) is 81.3 cm³/mol. The van der Waals surface area contributed by atoms with Crippen molar-refractivity contribution in [2.45, 2.75) is 38.6 Å². The molecular weight excluding hydrogens is 272 g/mol. The molecule has 0 aromatic carbocycles. The lowest BCUT2D eigenvalue weighted by Gasteiger charge is -2.39. The molecule has 2 heterocycles. The normalized spacial score (nSPS) is 19.9. The minimum Gasteiger partial charge on any atom is -0.314 e.